The van der Waals surface area contributed by atoms with E-state index in [1.165, 1.54) is 0 Å². The Bertz CT molecular complexity index is 488. The van der Waals surface area contributed by atoms with Crippen LogP contribution in [0.15, 0.2) is 24.3 Å². The maximum Gasteiger partial charge on any atom is 0.242 e. The molecule has 2 amide bonds. The summed E-state index contributed by atoms with van der Waals surface area (Å²) in [6.45, 7) is 4.95. The van der Waals surface area contributed by atoms with E-state index in [-0.39, 0.29) is 18.4 Å². The Morgan fingerprint density at radius 2 is 1.91 bits per heavy atom. The van der Waals surface area contributed by atoms with Crippen LogP contribution in [-0.2, 0) is 16.1 Å². The number of carbonyl (C=O) groups excluding carboxylic acids is 2. The van der Waals surface area contributed by atoms with E-state index >= 15 is 0 Å². The molecule has 0 aliphatic carbocycles. The highest BCUT2D eigenvalue weighted by Gasteiger charge is 2.15. The van der Waals surface area contributed by atoms with E-state index in [4.69, 9.17) is 4.74 Å². The van der Waals surface area contributed by atoms with Gasteiger partial charge in [0.2, 0.25) is 11.8 Å². The first-order valence-corrected chi connectivity index (χ1v) is 7.34. The lowest BCUT2D eigenvalue weighted by Crippen LogP contribution is -2.47. The third-order valence-electron chi connectivity index (χ3n) is 3.15. The first-order valence-electron chi connectivity index (χ1n) is 7.34. The van der Waals surface area contributed by atoms with Gasteiger partial charge < -0.3 is 15.4 Å². The van der Waals surface area contributed by atoms with Gasteiger partial charge in [0.25, 0.3) is 0 Å². The van der Waals surface area contributed by atoms with Gasteiger partial charge >= 0.3 is 0 Å². The van der Waals surface area contributed by atoms with Crippen LogP contribution < -0.4 is 15.4 Å². The Kier molecular flexibility index (Phi) is 7.39. The molecule has 6 nitrogen and oxygen atoms in total. The van der Waals surface area contributed by atoms with Crippen molar-refractivity contribution >= 4 is 11.8 Å². The Labute approximate surface area is 131 Å². The Hall–Kier alpha value is -2.08. The van der Waals surface area contributed by atoms with Crippen LogP contribution in [0.1, 0.15) is 19.4 Å². The van der Waals surface area contributed by atoms with Gasteiger partial charge in [0.15, 0.2) is 0 Å². The summed E-state index contributed by atoms with van der Waals surface area (Å²) < 4.78 is 5.11. The number of amides is 2. The highest BCUT2D eigenvalue weighted by Crippen LogP contribution is 2.12. The summed E-state index contributed by atoms with van der Waals surface area (Å²) >= 11 is 0. The minimum atomic E-state index is -0.526. The fourth-order valence-electron chi connectivity index (χ4n) is 2.02. The van der Waals surface area contributed by atoms with Crippen LogP contribution in [0.5, 0.6) is 5.75 Å². The minimum absolute atomic E-state index is 0.172. The van der Waals surface area contributed by atoms with Crippen molar-refractivity contribution in [3.63, 3.8) is 0 Å². The van der Waals surface area contributed by atoms with E-state index in [1.807, 2.05) is 43.1 Å². The topological polar surface area (TPSA) is 70.7 Å². The molecule has 122 valence electrons. The van der Waals surface area contributed by atoms with Gasteiger partial charge in [-0.05, 0) is 38.6 Å². The molecule has 1 rings (SSSR count). The monoisotopic (exact) mass is 307 g/mol. The minimum Gasteiger partial charge on any atom is -0.497 e. The van der Waals surface area contributed by atoms with Crippen LogP contribution in [0.3, 0.4) is 0 Å². The van der Waals surface area contributed by atoms with Crippen molar-refractivity contribution in [1.82, 2.24) is 15.5 Å². The number of rotatable bonds is 8. The fraction of sp³-hybridized carbons (Fsp3) is 0.500. The van der Waals surface area contributed by atoms with Crippen molar-refractivity contribution in [3.05, 3.63) is 29.8 Å². The van der Waals surface area contributed by atoms with E-state index < -0.39 is 6.04 Å². The SMILES string of the molecule is CCNC(=O)[C@@H](C)NC(=O)CN(C)Cc1ccc(OC)cc1. The molecule has 0 fully saturated rings. The first-order chi connectivity index (χ1) is 10.5. The molecule has 0 aliphatic rings. The molecule has 0 spiro atoms. The highest BCUT2D eigenvalue weighted by molar-refractivity contribution is 5.87. The molecule has 1 aromatic rings. The zero-order chi connectivity index (χ0) is 16.5. The van der Waals surface area contributed by atoms with Gasteiger partial charge in [0.05, 0.1) is 13.7 Å². The second-order valence-electron chi connectivity index (χ2n) is 5.20. The molecule has 0 aliphatic heterocycles. The van der Waals surface area contributed by atoms with Crippen LogP contribution >= 0.6 is 0 Å². The maximum absolute atomic E-state index is 11.9. The molecule has 0 bridgehead atoms. The predicted molar refractivity (Wildman–Crippen MR) is 85.6 cm³/mol. The van der Waals surface area contributed by atoms with Crippen molar-refractivity contribution in [1.29, 1.82) is 0 Å². The van der Waals surface area contributed by atoms with Crippen LogP contribution in [0.4, 0.5) is 0 Å². The zero-order valence-electron chi connectivity index (χ0n) is 13.7. The average molecular weight is 307 g/mol. The second kappa shape index (κ2) is 9.04. The summed E-state index contributed by atoms with van der Waals surface area (Å²) in [4.78, 5) is 25.4. The second-order valence-corrected chi connectivity index (χ2v) is 5.20. The van der Waals surface area contributed by atoms with E-state index in [0.717, 1.165) is 11.3 Å². The summed E-state index contributed by atoms with van der Waals surface area (Å²) in [6, 6.07) is 7.18. The molecule has 2 N–H and O–H groups in total. The average Bonchev–Trinajstić information content (AvgIpc) is 2.47. The number of hydrogen-bond acceptors (Lipinski definition) is 4. The third-order valence-corrected chi connectivity index (χ3v) is 3.15. The molecular formula is C16H25N3O3. The lowest BCUT2D eigenvalue weighted by molar-refractivity contribution is -0.129. The molecule has 22 heavy (non-hydrogen) atoms. The molecule has 0 aromatic heterocycles. The van der Waals surface area contributed by atoms with Gasteiger partial charge in [-0.15, -0.1) is 0 Å². The Morgan fingerprint density at radius 1 is 1.27 bits per heavy atom. The zero-order valence-corrected chi connectivity index (χ0v) is 13.7. The number of methoxy groups -OCH3 is 1. The van der Waals surface area contributed by atoms with Crippen LogP contribution in [0, 0.1) is 0 Å². The lowest BCUT2D eigenvalue weighted by Gasteiger charge is -2.18. The number of likely N-dealkylation sites (N-methyl/N-ethyl adjacent to an activating group) is 2. The van der Waals surface area contributed by atoms with E-state index in [2.05, 4.69) is 10.6 Å². The van der Waals surface area contributed by atoms with Gasteiger partial charge in [-0.3, -0.25) is 14.5 Å². The number of nitrogens with one attached hydrogen (secondary N) is 2. The van der Waals surface area contributed by atoms with Crippen LogP contribution in [0.25, 0.3) is 0 Å². The maximum atomic E-state index is 11.9. The van der Waals surface area contributed by atoms with Crippen LogP contribution in [0.2, 0.25) is 0 Å². The van der Waals surface area contributed by atoms with Crippen molar-refractivity contribution in [2.75, 3.05) is 27.2 Å². The van der Waals surface area contributed by atoms with E-state index in [1.54, 1.807) is 14.0 Å². The number of hydrogen-bond donors (Lipinski definition) is 2. The quantitative estimate of drug-likeness (QED) is 0.744. The number of benzene rings is 1. The molecular weight excluding hydrogens is 282 g/mol. The molecule has 1 atom stereocenters. The van der Waals surface area contributed by atoms with Gasteiger partial charge in [-0.25, -0.2) is 0 Å². The van der Waals surface area contributed by atoms with Crippen molar-refractivity contribution < 1.29 is 14.3 Å². The Balaban J connectivity index is 2.41. The fourth-order valence-corrected chi connectivity index (χ4v) is 2.02. The van der Waals surface area contributed by atoms with Crippen molar-refractivity contribution in [2.24, 2.45) is 0 Å². The smallest absolute Gasteiger partial charge is 0.242 e. The molecule has 0 saturated carbocycles. The number of ether oxygens (including phenoxy) is 1. The molecule has 1 aromatic carbocycles. The number of nitrogens with zero attached hydrogens (tertiary/aromatic N) is 1. The molecule has 0 radical (unpaired) electrons. The van der Waals surface area contributed by atoms with E-state index in [9.17, 15) is 9.59 Å². The summed E-state index contributed by atoms with van der Waals surface area (Å²) in [5, 5.41) is 5.36. The molecule has 0 heterocycles. The molecule has 0 unspecified atom stereocenters. The summed E-state index contributed by atoms with van der Waals surface area (Å²) in [7, 11) is 3.49. The summed E-state index contributed by atoms with van der Waals surface area (Å²) in [5.74, 6) is 0.461. The molecule has 0 saturated heterocycles. The summed E-state index contributed by atoms with van der Waals surface area (Å²) in [6.07, 6.45) is 0. The third kappa shape index (κ3) is 6.13. The predicted octanol–water partition coefficient (Wildman–Crippen LogP) is 0.768. The lowest BCUT2D eigenvalue weighted by atomic mass is 10.2. The first kappa shape index (κ1) is 18.0. The largest absolute Gasteiger partial charge is 0.497 e. The standard InChI is InChI=1S/C16H25N3O3/c1-5-17-16(21)12(2)18-15(20)11-19(3)10-13-6-8-14(22-4)9-7-13/h6-9,12H,5,10-11H2,1-4H3,(H,17,21)(H,18,20)/t12-/m1/s1. The van der Waals surface area contributed by atoms with Gasteiger partial charge in [-0.2, -0.15) is 0 Å². The van der Waals surface area contributed by atoms with Gasteiger partial charge in [-0.1, -0.05) is 12.1 Å². The number of carbonyl (C=O) groups is 2. The van der Waals surface area contributed by atoms with Crippen molar-refractivity contribution in [2.45, 2.75) is 26.4 Å². The van der Waals surface area contributed by atoms with Gasteiger partial charge in [0, 0.05) is 13.1 Å². The van der Waals surface area contributed by atoms with Crippen molar-refractivity contribution in [3.8, 4) is 5.75 Å². The Morgan fingerprint density at radius 3 is 2.45 bits per heavy atom. The van der Waals surface area contributed by atoms with E-state index in [0.29, 0.717) is 13.1 Å². The van der Waals surface area contributed by atoms with Gasteiger partial charge in [0.1, 0.15) is 11.8 Å². The summed E-state index contributed by atoms with van der Waals surface area (Å²) in [5.41, 5.74) is 1.09. The van der Waals surface area contributed by atoms with Crippen LogP contribution in [-0.4, -0.2) is 50.0 Å². The molecule has 6 heteroatoms. The normalized spacial score (nSPS) is 11.9. The highest BCUT2D eigenvalue weighted by atomic mass is 16.5.